The highest BCUT2D eigenvalue weighted by Crippen LogP contribution is 2.38. The third-order valence-corrected chi connectivity index (χ3v) is 6.73. The highest BCUT2D eigenvalue weighted by Gasteiger charge is 2.56. The SMILES string of the molecule is C=C(C)[C@H](/C=C/CCC)[C@H](Cc1ccccc1)C(=O)N1[C@H]2COCO[C@H]2[C@@H]2OCOC[C@@H]21. The molecule has 3 fully saturated rings. The largest absolute Gasteiger partial charge is 0.353 e. The number of nitrogens with zero attached hydrogens (tertiary/aromatic N) is 1. The van der Waals surface area contributed by atoms with Crippen molar-refractivity contribution < 1.29 is 23.7 Å². The molecule has 4 rings (SSSR count). The van der Waals surface area contributed by atoms with E-state index in [1.807, 2.05) is 30.0 Å². The van der Waals surface area contributed by atoms with E-state index in [1.54, 1.807) is 0 Å². The Labute approximate surface area is 191 Å². The van der Waals surface area contributed by atoms with Crippen LogP contribution in [0.5, 0.6) is 0 Å². The number of amides is 1. The Bertz CT molecular complexity index is 788. The molecule has 0 N–H and O–H groups in total. The summed E-state index contributed by atoms with van der Waals surface area (Å²) in [7, 11) is 0. The number of rotatable bonds is 8. The standard InChI is InChI=1S/C26H35NO5/c1-4-5-7-12-20(18(2)3)21(13-19-10-8-6-9-11-19)26(28)27-22-14-29-16-31-24(22)25-23(27)15-30-17-32-25/h6-12,20-25H,2,4-5,13-17H2,1,3H3/b12-7+/t20-,21-,22-,23-,24+,25+/m0/s1. The lowest BCUT2D eigenvalue weighted by atomic mass is 9.81. The van der Waals surface area contributed by atoms with Crippen LogP contribution in [-0.2, 0) is 30.2 Å². The monoisotopic (exact) mass is 441 g/mol. The number of carbonyl (C=O) groups is 1. The van der Waals surface area contributed by atoms with E-state index in [-0.39, 0.29) is 55.6 Å². The first-order chi connectivity index (χ1) is 15.6. The minimum atomic E-state index is -0.272. The third kappa shape index (κ3) is 4.84. The number of carbonyl (C=O) groups excluding carboxylic acids is 1. The van der Waals surface area contributed by atoms with E-state index >= 15 is 0 Å². The number of allylic oxidation sites excluding steroid dienone is 3. The van der Waals surface area contributed by atoms with Crippen molar-refractivity contribution in [3.63, 3.8) is 0 Å². The lowest BCUT2D eigenvalue weighted by Gasteiger charge is -2.37. The molecule has 0 saturated carbocycles. The van der Waals surface area contributed by atoms with Crippen LogP contribution < -0.4 is 0 Å². The fraction of sp³-hybridized carbons (Fsp3) is 0.577. The van der Waals surface area contributed by atoms with E-state index in [0.717, 1.165) is 24.0 Å². The molecular formula is C26H35NO5. The molecular weight excluding hydrogens is 406 g/mol. The molecule has 0 bridgehead atoms. The van der Waals surface area contributed by atoms with Gasteiger partial charge in [-0.25, -0.2) is 0 Å². The van der Waals surface area contributed by atoms with Gasteiger partial charge >= 0.3 is 0 Å². The molecule has 32 heavy (non-hydrogen) atoms. The maximum atomic E-state index is 14.3. The predicted molar refractivity (Wildman–Crippen MR) is 122 cm³/mol. The number of ether oxygens (including phenoxy) is 4. The molecule has 1 amide bonds. The Kier molecular flexibility index (Phi) is 7.79. The van der Waals surface area contributed by atoms with Crippen LogP contribution >= 0.6 is 0 Å². The Hall–Kier alpha value is -1.99. The lowest BCUT2D eigenvalue weighted by molar-refractivity contribution is -0.208. The van der Waals surface area contributed by atoms with Crippen LogP contribution in [0.4, 0.5) is 0 Å². The van der Waals surface area contributed by atoms with Gasteiger partial charge in [-0.15, -0.1) is 0 Å². The van der Waals surface area contributed by atoms with Gasteiger partial charge in [-0.3, -0.25) is 4.79 Å². The summed E-state index contributed by atoms with van der Waals surface area (Å²) >= 11 is 0. The van der Waals surface area contributed by atoms with E-state index in [1.165, 1.54) is 0 Å². The molecule has 6 nitrogen and oxygen atoms in total. The zero-order chi connectivity index (χ0) is 22.5. The first-order valence-electron chi connectivity index (χ1n) is 11.7. The number of likely N-dealkylation sites (tertiary alicyclic amines) is 1. The van der Waals surface area contributed by atoms with Crippen LogP contribution in [-0.4, -0.2) is 61.9 Å². The van der Waals surface area contributed by atoms with Gasteiger partial charge in [0.15, 0.2) is 0 Å². The molecule has 3 aliphatic rings. The topological polar surface area (TPSA) is 57.2 Å². The van der Waals surface area contributed by atoms with Crippen molar-refractivity contribution >= 4 is 5.91 Å². The lowest BCUT2D eigenvalue weighted by Crippen LogP contribution is -2.53. The number of hydrogen-bond acceptors (Lipinski definition) is 5. The van der Waals surface area contributed by atoms with Crippen molar-refractivity contribution in [2.75, 3.05) is 26.8 Å². The third-order valence-electron chi connectivity index (χ3n) is 6.73. The van der Waals surface area contributed by atoms with Crippen LogP contribution in [0.3, 0.4) is 0 Å². The second-order valence-corrected chi connectivity index (χ2v) is 9.01. The first kappa shape index (κ1) is 23.2. The molecule has 0 aliphatic carbocycles. The molecule has 3 aliphatic heterocycles. The van der Waals surface area contributed by atoms with Crippen LogP contribution in [0, 0.1) is 11.8 Å². The normalized spacial score (nSPS) is 29.4. The van der Waals surface area contributed by atoms with Crippen molar-refractivity contribution in [1.29, 1.82) is 0 Å². The summed E-state index contributed by atoms with van der Waals surface area (Å²) in [5, 5.41) is 0. The summed E-state index contributed by atoms with van der Waals surface area (Å²) in [6.07, 6.45) is 6.68. The Morgan fingerprint density at radius 1 is 1.12 bits per heavy atom. The van der Waals surface area contributed by atoms with E-state index < -0.39 is 0 Å². The van der Waals surface area contributed by atoms with Crippen molar-refractivity contribution in [1.82, 2.24) is 4.90 Å². The van der Waals surface area contributed by atoms with Gasteiger partial charge in [0.05, 0.1) is 31.2 Å². The summed E-state index contributed by atoms with van der Waals surface area (Å²) in [5.74, 6) is -0.234. The fourth-order valence-corrected chi connectivity index (χ4v) is 5.16. The minimum Gasteiger partial charge on any atom is -0.353 e. The summed E-state index contributed by atoms with van der Waals surface area (Å²) in [5.41, 5.74) is 2.13. The van der Waals surface area contributed by atoms with Crippen molar-refractivity contribution in [3.8, 4) is 0 Å². The molecule has 0 unspecified atom stereocenters. The minimum absolute atomic E-state index is 0.0531. The molecule has 174 valence electrons. The van der Waals surface area contributed by atoms with Crippen molar-refractivity contribution in [2.45, 2.75) is 57.4 Å². The molecule has 3 heterocycles. The average Bonchev–Trinajstić information content (AvgIpc) is 3.15. The second-order valence-electron chi connectivity index (χ2n) is 9.01. The molecule has 3 saturated heterocycles. The van der Waals surface area contributed by atoms with Gasteiger partial charge in [0.2, 0.25) is 5.91 Å². The second kappa shape index (κ2) is 10.8. The summed E-state index contributed by atoms with van der Waals surface area (Å²) < 4.78 is 23.0. The van der Waals surface area contributed by atoms with Crippen LogP contribution in [0.15, 0.2) is 54.6 Å². The van der Waals surface area contributed by atoms with Crippen LogP contribution in [0.2, 0.25) is 0 Å². The van der Waals surface area contributed by atoms with E-state index in [2.05, 4.69) is 37.8 Å². The van der Waals surface area contributed by atoms with Gasteiger partial charge in [-0.2, -0.15) is 0 Å². The van der Waals surface area contributed by atoms with Crippen molar-refractivity contribution in [2.24, 2.45) is 11.8 Å². The highest BCUT2D eigenvalue weighted by molar-refractivity contribution is 5.81. The first-order valence-corrected chi connectivity index (χ1v) is 11.7. The van der Waals surface area contributed by atoms with E-state index in [9.17, 15) is 4.79 Å². The van der Waals surface area contributed by atoms with Crippen LogP contribution in [0.1, 0.15) is 32.3 Å². The summed E-state index contributed by atoms with van der Waals surface area (Å²) in [4.78, 5) is 16.2. The van der Waals surface area contributed by atoms with Gasteiger partial charge in [0, 0.05) is 5.92 Å². The summed E-state index contributed by atoms with van der Waals surface area (Å²) in [6.45, 7) is 9.79. The summed E-state index contributed by atoms with van der Waals surface area (Å²) in [6, 6.07) is 9.87. The highest BCUT2D eigenvalue weighted by atomic mass is 16.7. The molecule has 6 atom stereocenters. The molecule has 1 aromatic carbocycles. The Balaban J connectivity index is 1.67. The van der Waals surface area contributed by atoms with Gasteiger partial charge in [-0.1, -0.05) is 68.0 Å². The number of fused-ring (bicyclic) bond motifs is 3. The van der Waals surface area contributed by atoms with Crippen molar-refractivity contribution in [3.05, 3.63) is 60.2 Å². The van der Waals surface area contributed by atoms with Gasteiger partial charge in [0.1, 0.15) is 25.8 Å². The Morgan fingerprint density at radius 3 is 2.31 bits per heavy atom. The predicted octanol–water partition coefficient (Wildman–Crippen LogP) is 3.72. The molecule has 0 aromatic heterocycles. The molecule has 1 aromatic rings. The van der Waals surface area contributed by atoms with E-state index in [0.29, 0.717) is 19.6 Å². The van der Waals surface area contributed by atoms with E-state index in [4.69, 9.17) is 18.9 Å². The smallest absolute Gasteiger partial charge is 0.227 e. The maximum Gasteiger partial charge on any atom is 0.227 e. The molecule has 0 spiro atoms. The molecule has 6 heteroatoms. The zero-order valence-corrected chi connectivity index (χ0v) is 19.2. The number of unbranched alkanes of at least 4 members (excludes halogenated alkanes) is 1. The molecule has 0 radical (unpaired) electrons. The van der Waals surface area contributed by atoms with Gasteiger partial charge < -0.3 is 23.8 Å². The van der Waals surface area contributed by atoms with Gasteiger partial charge in [-0.05, 0) is 25.3 Å². The fourth-order valence-electron chi connectivity index (χ4n) is 5.16. The van der Waals surface area contributed by atoms with Gasteiger partial charge in [0.25, 0.3) is 0 Å². The number of hydrogen-bond donors (Lipinski definition) is 0. The van der Waals surface area contributed by atoms with Crippen LogP contribution in [0.25, 0.3) is 0 Å². The number of benzene rings is 1. The Morgan fingerprint density at radius 2 is 1.75 bits per heavy atom. The zero-order valence-electron chi connectivity index (χ0n) is 19.2. The average molecular weight is 442 g/mol. The maximum absolute atomic E-state index is 14.3. The quantitative estimate of drug-likeness (QED) is 0.576.